The van der Waals surface area contributed by atoms with Crippen LogP contribution in [0.25, 0.3) is 0 Å². The van der Waals surface area contributed by atoms with Crippen LogP contribution in [0.5, 0.6) is 5.75 Å². The van der Waals surface area contributed by atoms with Gasteiger partial charge in [-0.1, -0.05) is 12.1 Å². The standard InChI is InChI=1S/C23H21F3N2O3S/c24-23(25,26)15-31-19-11-9-17(10-12-19)28-22(30)16-4-1-5-18(14-16)27-21(29)8-2-6-20-7-3-13-32-20/h1,3-5,7,9-14H,2,6,8,15H2,(H,27,29)(H,28,30). The number of benzene rings is 2. The highest BCUT2D eigenvalue weighted by atomic mass is 32.1. The van der Waals surface area contributed by atoms with Gasteiger partial charge in [-0.25, -0.2) is 0 Å². The van der Waals surface area contributed by atoms with Gasteiger partial charge in [-0.3, -0.25) is 9.59 Å². The molecule has 0 fully saturated rings. The van der Waals surface area contributed by atoms with Gasteiger partial charge in [0.25, 0.3) is 5.91 Å². The number of nitrogens with one attached hydrogen (secondary N) is 2. The molecule has 0 bridgehead atoms. The van der Waals surface area contributed by atoms with E-state index in [0.29, 0.717) is 23.4 Å². The summed E-state index contributed by atoms with van der Waals surface area (Å²) in [7, 11) is 0. The normalized spacial score (nSPS) is 11.1. The Kier molecular flexibility index (Phi) is 7.88. The maximum absolute atomic E-state index is 12.5. The summed E-state index contributed by atoms with van der Waals surface area (Å²) < 4.78 is 41.2. The highest BCUT2D eigenvalue weighted by Crippen LogP contribution is 2.21. The van der Waals surface area contributed by atoms with E-state index < -0.39 is 18.7 Å². The number of halogens is 3. The highest BCUT2D eigenvalue weighted by Gasteiger charge is 2.28. The van der Waals surface area contributed by atoms with Gasteiger partial charge in [0.15, 0.2) is 6.61 Å². The zero-order chi connectivity index (χ0) is 23.0. The van der Waals surface area contributed by atoms with Crippen LogP contribution in [0.3, 0.4) is 0 Å². The molecule has 0 aliphatic carbocycles. The first-order chi connectivity index (χ1) is 15.3. The number of rotatable bonds is 9. The lowest BCUT2D eigenvalue weighted by atomic mass is 10.1. The first-order valence-corrected chi connectivity index (χ1v) is 10.7. The van der Waals surface area contributed by atoms with Gasteiger partial charge in [0.05, 0.1) is 0 Å². The lowest BCUT2D eigenvalue weighted by Gasteiger charge is -2.11. The summed E-state index contributed by atoms with van der Waals surface area (Å²) in [5.74, 6) is -0.500. The van der Waals surface area contributed by atoms with Crippen LogP contribution >= 0.6 is 11.3 Å². The average Bonchev–Trinajstić information content (AvgIpc) is 3.26. The molecule has 3 rings (SSSR count). The molecular weight excluding hydrogens is 441 g/mol. The predicted molar refractivity (Wildman–Crippen MR) is 118 cm³/mol. The number of thiophene rings is 1. The fourth-order valence-electron chi connectivity index (χ4n) is 2.84. The van der Waals surface area contributed by atoms with Crippen molar-refractivity contribution in [3.05, 3.63) is 76.5 Å². The lowest BCUT2D eigenvalue weighted by Crippen LogP contribution is -2.19. The van der Waals surface area contributed by atoms with Crippen molar-refractivity contribution < 1.29 is 27.5 Å². The number of carbonyl (C=O) groups is 2. The zero-order valence-corrected chi connectivity index (χ0v) is 17.8. The predicted octanol–water partition coefficient (Wildman–Crippen LogP) is 5.90. The van der Waals surface area contributed by atoms with Crippen LogP contribution in [0.1, 0.15) is 28.1 Å². The highest BCUT2D eigenvalue weighted by molar-refractivity contribution is 7.09. The third-order valence-electron chi connectivity index (χ3n) is 4.33. The number of ether oxygens (including phenoxy) is 1. The van der Waals surface area contributed by atoms with Gasteiger partial charge >= 0.3 is 6.18 Å². The summed E-state index contributed by atoms with van der Waals surface area (Å²) in [6.07, 6.45) is -2.47. The molecule has 0 aliphatic rings. The molecule has 5 nitrogen and oxygen atoms in total. The maximum atomic E-state index is 12.5. The second-order valence-electron chi connectivity index (χ2n) is 6.94. The van der Waals surface area contributed by atoms with Crippen molar-refractivity contribution >= 4 is 34.5 Å². The number of alkyl halides is 3. The Morgan fingerprint density at radius 1 is 0.938 bits per heavy atom. The smallest absolute Gasteiger partial charge is 0.422 e. The maximum Gasteiger partial charge on any atom is 0.422 e. The Morgan fingerprint density at radius 2 is 1.72 bits per heavy atom. The minimum atomic E-state index is -4.42. The number of aryl methyl sites for hydroxylation is 1. The van der Waals surface area contributed by atoms with E-state index in [4.69, 9.17) is 0 Å². The minimum Gasteiger partial charge on any atom is -0.484 e. The van der Waals surface area contributed by atoms with E-state index in [-0.39, 0.29) is 11.7 Å². The van der Waals surface area contributed by atoms with Gasteiger partial charge in [0.1, 0.15) is 5.75 Å². The van der Waals surface area contributed by atoms with Gasteiger partial charge in [-0.05, 0) is 66.8 Å². The molecule has 2 N–H and O–H groups in total. The Bertz CT molecular complexity index is 1040. The van der Waals surface area contributed by atoms with E-state index in [9.17, 15) is 22.8 Å². The van der Waals surface area contributed by atoms with E-state index in [1.165, 1.54) is 29.1 Å². The summed E-state index contributed by atoms with van der Waals surface area (Å²) in [4.78, 5) is 25.9. The lowest BCUT2D eigenvalue weighted by molar-refractivity contribution is -0.153. The van der Waals surface area contributed by atoms with Gasteiger partial charge in [0.2, 0.25) is 5.91 Å². The van der Waals surface area contributed by atoms with Crippen molar-refractivity contribution in [1.29, 1.82) is 0 Å². The average molecular weight is 462 g/mol. The van der Waals surface area contributed by atoms with Crippen LogP contribution in [0.4, 0.5) is 24.5 Å². The Hall–Kier alpha value is -3.33. The quantitative estimate of drug-likeness (QED) is 0.416. The number of hydrogen-bond donors (Lipinski definition) is 2. The number of amides is 2. The number of anilines is 2. The summed E-state index contributed by atoms with van der Waals surface area (Å²) >= 11 is 1.66. The molecule has 3 aromatic rings. The molecule has 2 amide bonds. The molecule has 1 aromatic heterocycles. The summed E-state index contributed by atoms with van der Waals surface area (Å²) in [5, 5.41) is 7.45. The van der Waals surface area contributed by atoms with E-state index in [2.05, 4.69) is 15.4 Å². The van der Waals surface area contributed by atoms with Crippen molar-refractivity contribution in [2.45, 2.75) is 25.4 Å². The first-order valence-electron chi connectivity index (χ1n) is 9.82. The second kappa shape index (κ2) is 10.8. The molecule has 0 saturated carbocycles. The van der Waals surface area contributed by atoms with Crippen molar-refractivity contribution in [2.24, 2.45) is 0 Å². The molecule has 32 heavy (non-hydrogen) atoms. The van der Waals surface area contributed by atoms with Crippen LogP contribution in [0, 0.1) is 0 Å². The second-order valence-corrected chi connectivity index (χ2v) is 7.98. The Balaban J connectivity index is 1.50. The van der Waals surface area contributed by atoms with Crippen LogP contribution in [-0.4, -0.2) is 24.6 Å². The van der Waals surface area contributed by atoms with E-state index in [0.717, 1.165) is 12.8 Å². The molecule has 0 radical (unpaired) electrons. The van der Waals surface area contributed by atoms with E-state index in [1.807, 2.05) is 17.5 Å². The van der Waals surface area contributed by atoms with Crippen molar-refractivity contribution in [3.8, 4) is 5.75 Å². The van der Waals surface area contributed by atoms with Gasteiger partial charge in [-0.2, -0.15) is 13.2 Å². The molecule has 2 aromatic carbocycles. The van der Waals surface area contributed by atoms with Crippen LogP contribution < -0.4 is 15.4 Å². The molecular formula is C23H21F3N2O3S. The number of hydrogen-bond acceptors (Lipinski definition) is 4. The Morgan fingerprint density at radius 3 is 2.41 bits per heavy atom. The summed E-state index contributed by atoms with van der Waals surface area (Å²) in [5.41, 5.74) is 1.24. The third-order valence-corrected chi connectivity index (χ3v) is 5.27. The number of carbonyl (C=O) groups excluding carboxylic acids is 2. The summed E-state index contributed by atoms with van der Waals surface area (Å²) in [6.45, 7) is -1.38. The molecule has 0 atom stereocenters. The fourth-order valence-corrected chi connectivity index (χ4v) is 3.59. The van der Waals surface area contributed by atoms with Gasteiger partial charge < -0.3 is 15.4 Å². The van der Waals surface area contributed by atoms with Crippen molar-refractivity contribution in [1.82, 2.24) is 0 Å². The molecule has 168 valence electrons. The van der Waals surface area contributed by atoms with Crippen LogP contribution in [-0.2, 0) is 11.2 Å². The molecule has 0 saturated heterocycles. The Labute approximate surface area is 187 Å². The minimum absolute atomic E-state index is 0.0455. The SMILES string of the molecule is O=C(CCCc1cccs1)Nc1cccc(C(=O)Nc2ccc(OCC(F)(F)F)cc2)c1. The summed E-state index contributed by atoms with van der Waals surface area (Å²) in [6, 6.07) is 16.1. The molecule has 0 aliphatic heterocycles. The third kappa shape index (κ3) is 7.73. The fraction of sp³-hybridized carbons (Fsp3) is 0.217. The van der Waals surface area contributed by atoms with Crippen molar-refractivity contribution in [2.75, 3.05) is 17.2 Å². The largest absolute Gasteiger partial charge is 0.484 e. The first kappa shape index (κ1) is 23.3. The molecule has 1 heterocycles. The van der Waals surface area contributed by atoms with Crippen LogP contribution in [0.15, 0.2) is 66.0 Å². The van der Waals surface area contributed by atoms with E-state index >= 15 is 0 Å². The molecule has 9 heteroatoms. The van der Waals surface area contributed by atoms with Gasteiger partial charge in [-0.15, -0.1) is 11.3 Å². The molecule has 0 unspecified atom stereocenters. The topological polar surface area (TPSA) is 67.4 Å². The van der Waals surface area contributed by atoms with E-state index in [1.54, 1.807) is 35.6 Å². The van der Waals surface area contributed by atoms with Crippen molar-refractivity contribution in [3.63, 3.8) is 0 Å². The monoisotopic (exact) mass is 462 g/mol. The van der Waals surface area contributed by atoms with Gasteiger partial charge in [0, 0.05) is 28.2 Å². The molecule has 0 spiro atoms. The zero-order valence-electron chi connectivity index (χ0n) is 16.9. The van der Waals surface area contributed by atoms with Crippen LogP contribution in [0.2, 0.25) is 0 Å².